The molecule has 10 nitrogen and oxygen atoms in total. The molecule has 252 valence electrons. The Labute approximate surface area is 294 Å². The van der Waals surface area contributed by atoms with E-state index in [2.05, 4.69) is 57.0 Å². The van der Waals surface area contributed by atoms with Crippen LogP contribution in [0.5, 0.6) is 0 Å². The number of tetrazole rings is 1. The number of para-hydroxylation sites is 1. The Kier molecular flexibility index (Phi) is 10.4. The van der Waals surface area contributed by atoms with Gasteiger partial charge in [-0.1, -0.05) is 97.5 Å². The van der Waals surface area contributed by atoms with Crippen molar-refractivity contribution < 1.29 is 19.4 Å². The quantitative estimate of drug-likeness (QED) is 0.143. The molecule has 0 saturated carbocycles. The first-order valence-electron chi connectivity index (χ1n) is 16.4. The molecule has 3 heterocycles. The van der Waals surface area contributed by atoms with E-state index in [1.165, 1.54) is 0 Å². The average molecular weight is 685 g/mol. The van der Waals surface area contributed by atoms with Crippen LogP contribution in [0.1, 0.15) is 51.9 Å². The Morgan fingerprint density at radius 3 is 2.44 bits per heavy atom. The minimum absolute atomic E-state index is 0.00141. The summed E-state index contributed by atoms with van der Waals surface area (Å²) in [6.45, 7) is 2.51. The standard InChI is InChI=1S/C39H36N6O4S/c1-26-35(25-50-39-42-43-44-45(39)34-13-3-2-4-14-34)48-38(49-36(26)29-17-15-27(24-46)16-18-29)32-11-6-10-31(21-32)30-9-5-8-28(20-30)22-41-37(47)33-12-7-19-40-23-33/h2-21,23,26,35-36,38,46H,22,24-25H2,1H3,(H,41,47)/t26-,35+,36+,38+/m1/s1. The van der Waals surface area contributed by atoms with E-state index < -0.39 is 6.29 Å². The van der Waals surface area contributed by atoms with Gasteiger partial charge in [-0.25, -0.2) is 0 Å². The maximum Gasteiger partial charge on any atom is 0.253 e. The van der Waals surface area contributed by atoms with Crippen LogP contribution in [0, 0.1) is 5.92 Å². The van der Waals surface area contributed by atoms with Gasteiger partial charge in [-0.2, -0.15) is 4.68 Å². The Hall–Kier alpha value is -5.20. The van der Waals surface area contributed by atoms with Crippen molar-refractivity contribution in [1.29, 1.82) is 0 Å². The highest BCUT2D eigenvalue weighted by atomic mass is 32.2. The summed E-state index contributed by atoms with van der Waals surface area (Å²) in [6.07, 6.45) is 2.11. The smallest absolute Gasteiger partial charge is 0.253 e. The van der Waals surface area contributed by atoms with E-state index in [1.807, 2.05) is 78.9 Å². The zero-order valence-corrected chi connectivity index (χ0v) is 28.2. The highest BCUT2D eigenvalue weighted by molar-refractivity contribution is 7.99. The number of nitrogens with zero attached hydrogens (tertiary/aromatic N) is 5. The maximum atomic E-state index is 12.6. The first-order valence-corrected chi connectivity index (χ1v) is 17.4. The lowest BCUT2D eigenvalue weighted by Crippen LogP contribution is -2.38. The first-order chi connectivity index (χ1) is 24.6. The van der Waals surface area contributed by atoms with Crippen LogP contribution >= 0.6 is 11.8 Å². The summed E-state index contributed by atoms with van der Waals surface area (Å²) in [5, 5.41) is 25.7. The van der Waals surface area contributed by atoms with Crippen LogP contribution in [0.3, 0.4) is 0 Å². The van der Waals surface area contributed by atoms with Crippen LogP contribution in [-0.2, 0) is 22.6 Å². The zero-order chi connectivity index (χ0) is 34.3. The number of rotatable bonds is 11. The fourth-order valence-electron chi connectivity index (χ4n) is 5.97. The minimum Gasteiger partial charge on any atom is -0.392 e. The summed E-state index contributed by atoms with van der Waals surface area (Å²) in [6, 6.07) is 37.5. The van der Waals surface area contributed by atoms with Crippen LogP contribution in [0.25, 0.3) is 16.8 Å². The Bertz CT molecular complexity index is 2030. The molecule has 1 fully saturated rings. The fraction of sp³-hybridized carbons (Fsp3) is 0.205. The van der Waals surface area contributed by atoms with Crippen molar-refractivity contribution in [1.82, 2.24) is 30.5 Å². The molecule has 4 atom stereocenters. The largest absolute Gasteiger partial charge is 0.392 e. The van der Waals surface area contributed by atoms with Crippen LogP contribution in [0.15, 0.2) is 133 Å². The van der Waals surface area contributed by atoms with Gasteiger partial charge < -0.3 is 19.9 Å². The van der Waals surface area contributed by atoms with E-state index >= 15 is 0 Å². The number of aliphatic hydroxyl groups excluding tert-OH is 1. The van der Waals surface area contributed by atoms with Gasteiger partial charge in [-0.15, -0.1) is 5.10 Å². The highest BCUT2D eigenvalue weighted by Gasteiger charge is 2.38. The molecule has 11 heteroatoms. The molecule has 1 aliphatic rings. The molecule has 0 bridgehead atoms. The lowest BCUT2D eigenvalue weighted by atomic mass is 9.91. The number of ether oxygens (including phenoxy) is 2. The third-order valence-electron chi connectivity index (χ3n) is 8.74. The van der Waals surface area contributed by atoms with E-state index in [9.17, 15) is 9.90 Å². The summed E-state index contributed by atoms with van der Waals surface area (Å²) < 4.78 is 15.2. The number of amides is 1. The lowest BCUT2D eigenvalue weighted by Gasteiger charge is -2.41. The van der Waals surface area contributed by atoms with E-state index in [0.29, 0.717) is 23.0 Å². The predicted molar refractivity (Wildman–Crippen MR) is 190 cm³/mol. The molecule has 0 unspecified atom stereocenters. The molecule has 0 radical (unpaired) electrons. The van der Waals surface area contributed by atoms with Crippen molar-refractivity contribution >= 4 is 17.7 Å². The molecule has 1 aliphatic heterocycles. The number of hydrogen-bond donors (Lipinski definition) is 2. The molecular formula is C39H36N6O4S. The third-order valence-corrected chi connectivity index (χ3v) is 9.75. The average Bonchev–Trinajstić information content (AvgIpc) is 3.66. The summed E-state index contributed by atoms with van der Waals surface area (Å²) in [5.74, 6) is 0.434. The number of nitrogens with one attached hydrogen (secondary N) is 1. The number of carbonyl (C=O) groups excluding carboxylic acids is 1. The molecule has 4 aromatic carbocycles. The summed E-state index contributed by atoms with van der Waals surface area (Å²) in [7, 11) is 0. The number of hydrogen-bond acceptors (Lipinski definition) is 9. The van der Waals surface area contributed by atoms with Crippen LogP contribution in [0.2, 0.25) is 0 Å². The number of aromatic nitrogens is 5. The monoisotopic (exact) mass is 684 g/mol. The Morgan fingerprint density at radius 1 is 0.860 bits per heavy atom. The van der Waals surface area contributed by atoms with Gasteiger partial charge in [-0.3, -0.25) is 9.78 Å². The Balaban J connectivity index is 1.12. The minimum atomic E-state index is -0.633. The van der Waals surface area contributed by atoms with Crippen LogP contribution < -0.4 is 5.32 Å². The second-order valence-electron chi connectivity index (χ2n) is 12.1. The van der Waals surface area contributed by atoms with Crippen LogP contribution in [0.4, 0.5) is 0 Å². The first kappa shape index (κ1) is 33.3. The Morgan fingerprint density at radius 2 is 1.66 bits per heavy atom. The van der Waals surface area contributed by atoms with Gasteiger partial charge in [0, 0.05) is 36.2 Å². The number of aliphatic hydroxyl groups is 1. The van der Waals surface area contributed by atoms with Crippen molar-refractivity contribution in [3.8, 4) is 16.8 Å². The van der Waals surface area contributed by atoms with Gasteiger partial charge in [0.05, 0.1) is 30.1 Å². The summed E-state index contributed by atoms with van der Waals surface area (Å²) >= 11 is 1.55. The maximum absolute atomic E-state index is 12.6. The predicted octanol–water partition coefficient (Wildman–Crippen LogP) is 6.73. The molecule has 6 aromatic rings. The number of pyridine rings is 1. The van der Waals surface area contributed by atoms with Crippen molar-refractivity contribution in [3.63, 3.8) is 0 Å². The number of carbonyl (C=O) groups is 1. The van der Waals surface area contributed by atoms with Crippen LogP contribution in [-0.4, -0.2) is 48.1 Å². The van der Waals surface area contributed by atoms with Gasteiger partial charge >= 0.3 is 0 Å². The number of thioether (sulfide) groups is 1. The second kappa shape index (κ2) is 15.6. The molecular weight excluding hydrogens is 649 g/mol. The molecule has 50 heavy (non-hydrogen) atoms. The van der Waals surface area contributed by atoms with Crippen molar-refractivity contribution in [3.05, 3.63) is 155 Å². The molecule has 2 aromatic heterocycles. The van der Waals surface area contributed by atoms with Gasteiger partial charge in [-0.05, 0) is 74.6 Å². The second-order valence-corrected chi connectivity index (χ2v) is 13.1. The molecule has 2 N–H and O–H groups in total. The van der Waals surface area contributed by atoms with E-state index in [0.717, 1.165) is 39.1 Å². The summed E-state index contributed by atoms with van der Waals surface area (Å²) in [4.78, 5) is 16.6. The topological polar surface area (TPSA) is 124 Å². The molecule has 0 aliphatic carbocycles. The van der Waals surface area contributed by atoms with Crippen molar-refractivity contribution in [2.45, 2.75) is 43.7 Å². The van der Waals surface area contributed by atoms with Gasteiger partial charge in [0.25, 0.3) is 5.91 Å². The third kappa shape index (κ3) is 7.66. The van der Waals surface area contributed by atoms with E-state index in [4.69, 9.17) is 9.47 Å². The normalized spacial score (nSPS) is 18.8. The molecule has 1 saturated heterocycles. The summed E-state index contributed by atoms with van der Waals surface area (Å²) in [5.41, 5.74) is 7.16. The van der Waals surface area contributed by atoms with Crippen molar-refractivity contribution in [2.24, 2.45) is 5.92 Å². The van der Waals surface area contributed by atoms with Gasteiger partial charge in [0.1, 0.15) is 0 Å². The van der Waals surface area contributed by atoms with Crippen molar-refractivity contribution in [2.75, 3.05) is 5.75 Å². The zero-order valence-electron chi connectivity index (χ0n) is 27.4. The highest BCUT2D eigenvalue weighted by Crippen LogP contribution is 2.43. The number of benzene rings is 4. The molecule has 0 spiro atoms. The van der Waals surface area contributed by atoms with E-state index in [1.54, 1.807) is 41.0 Å². The lowest BCUT2D eigenvalue weighted by molar-refractivity contribution is -0.268. The molecule has 7 rings (SSSR count). The SMILES string of the molecule is C[C@@H]1[C@H](CSc2nnnn2-c2ccccc2)O[C@H](c2cccc(-c3cccc(CNC(=O)c4cccnc4)c3)c2)O[C@@H]1c1ccc(CO)cc1. The fourth-order valence-corrected chi connectivity index (χ4v) is 7.03. The van der Waals surface area contributed by atoms with Gasteiger partial charge in [0.15, 0.2) is 6.29 Å². The van der Waals surface area contributed by atoms with E-state index in [-0.39, 0.29) is 30.6 Å². The molecule has 1 amide bonds. The van der Waals surface area contributed by atoms with Gasteiger partial charge in [0.2, 0.25) is 5.16 Å².